The van der Waals surface area contributed by atoms with Gasteiger partial charge in [-0.2, -0.15) is 0 Å². The average molecular weight is 291 g/mol. The molecule has 0 radical (unpaired) electrons. The van der Waals surface area contributed by atoms with Gasteiger partial charge in [-0.15, -0.1) is 0 Å². The van der Waals surface area contributed by atoms with E-state index in [0.29, 0.717) is 11.4 Å². The smallest absolute Gasteiger partial charge is 0.303 e. The SMILES string of the molecule is COc1cn(-c2ccc(F)cc2)c(COC(C)=O)cc1=O. The molecule has 0 aliphatic rings. The van der Waals surface area contributed by atoms with Crippen LogP contribution in [0.25, 0.3) is 5.69 Å². The number of hydrogen-bond donors (Lipinski definition) is 0. The van der Waals surface area contributed by atoms with E-state index in [9.17, 15) is 14.0 Å². The third-order valence-corrected chi connectivity index (χ3v) is 2.84. The summed E-state index contributed by atoms with van der Waals surface area (Å²) in [6.07, 6.45) is 1.48. The van der Waals surface area contributed by atoms with Crippen LogP contribution >= 0.6 is 0 Å². The summed E-state index contributed by atoms with van der Waals surface area (Å²) >= 11 is 0. The van der Waals surface area contributed by atoms with Gasteiger partial charge in [-0.3, -0.25) is 9.59 Å². The molecule has 0 saturated carbocycles. The Morgan fingerprint density at radius 2 is 1.95 bits per heavy atom. The fraction of sp³-hybridized carbons (Fsp3) is 0.200. The van der Waals surface area contributed by atoms with E-state index in [1.54, 1.807) is 16.7 Å². The van der Waals surface area contributed by atoms with Crippen LogP contribution in [0.5, 0.6) is 5.75 Å². The van der Waals surface area contributed by atoms with Crippen LogP contribution in [0.4, 0.5) is 4.39 Å². The lowest BCUT2D eigenvalue weighted by Crippen LogP contribution is -2.15. The van der Waals surface area contributed by atoms with E-state index in [0.717, 1.165) is 0 Å². The number of pyridine rings is 1. The Morgan fingerprint density at radius 1 is 1.29 bits per heavy atom. The topological polar surface area (TPSA) is 57.5 Å². The van der Waals surface area contributed by atoms with Crippen LogP contribution < -0.4 is 10.2 Å². The molecule has 0 fully saturated rings. The van der Waals surface area contributed by atoms with Crippen LogP contribution in [-0.2, 0) is 16.1 Å². The number of hydrogen-bond acceptors (Lipinski definition) is 4. The third kappa shape index (κ3) is 3.47. The van der Waals surface area contributed by atoms with Crippen LogP contribution in [0.3, 0.4) is 0 Å². The second-order valence-corrected chi connectivity index (χ2v) is 4.32. The van der Waals surface area contributed by atoms with Gasteiger partial charge >= 0.3 is 5.97 Å². The van der Waals surface area contributed by atoms with Crippen LogP contribution in [0, 0.1) is 5.82 Å². The molecule has 0 aliphatic carbocycles. The Balaban J connectivity index is 2.51. The lowest BCUT2D eigenvalue weighted by Gasteiger charge is -2.14. The van der Waals surface area contributed by atoms with Crippen molar-refractivity contribution in [2.24, 2.45) is 0 Å². The molecule has 2 rings (SSSR count). The molecule has 5 nitrogen and oxygen atoms in total. The van der Waals surface area contributed by atoms with Crippen LogP contribution in [0.2, 0.25) is 0 Å². The quantitative estimate of drug-likeness (QED) is 0.809. The molecule has 110 valence electrons. The Morgan fingerprint density at radius 3 is 2.52 bits per heavy atom. The van der Waals surface area contributed by atoms with Gasteiger partial charge in [0.25, 0.3) is 0 Å². The van der Waals surface area contributed by atoms with Gasteiger partial charge in [0, 0.05) is 18.7 Å². The maximum absolute atomic E-state index is 13.0. The predicted octanol–water partition coefficient (Wildman–Crippen LogP) is 2.05. The van der Waals surface area contributed by atoms with Crippen LogP contribution in [-0.4, -0.2) is 17.6 Å². The van der Waals surface area contributed by atoms with Crippen molar-refractivity contribution >= 4 is 5.97 Å². The number of halogens is 1. The highest BCUT2D eigenvalue weighted by Crippen LogP contribution is 2.16. The molecule has 0 spiro atoms. The molecule has 0 aliphatic heterocycles. The Labute approximate surface area is 120 Å². The Hall–Kier alpha value is -2.63. The summed E-state index contributed by atoms with van der Waals surface area (Å²) in [4.78, 5) is 22.7. The molecule has 0 unspecified atom stereocenters. The zero-order chi connectivity index (χ0) is 15.4. The molecule has 1 aromatic heterocycles. The highest BCUT2D eigenvalue weighted by molar-refractivity contribution is 5.65. The van der Waals surface area contributed by atoms with Crippen molar-refractivity contribution in [3.8, 4) is 11.4 Å². The number of nitrogens with zero attached hydrogens (tertiary/aromatic N) is 1. The number of methoxy groups -OCH3 is 1. The van der Waals surface area contributed by atoms with E-state index in [1.165, 1.54) is 38.4 Å². The number of ether oxygens (including phenoxy) is 2. The first-order valence-corrected chi connectivity index (χ1v) is 6.20. The van der Waals surface area contributed by atoms with Gasteiger partial charge in [0.15, 0.2) is 5.75 Å². The number of benzene rings is 1. The standard InChI is InChI=1S/C15H14FNO4/c1-10(18)21-9-13-7-14(19)15(20-2)8-17(13)12-5-3-11(16)4-6-12/h3-8H,9H2,1-2H3. The number of esters is 1. The van der Waals surface area contributed by atoms with Crippen molar-refractivity contribution < 1.29 is 18.7 Å². The van der Waals surface area contributed by atoms with Crippen molar-refractivity contribution in [2.45, 2.75) is 13.5 Å². The van der Waals surface area contributed by atoms with Crippen molar-refractivity contribution in [2.75, 3.05) is 7.11 Å². The monoisotopic (exact) mass is 291 g/mol. The van der Waals surface area contributed by atoms with Gasteiger partial charge in [-0.25, -0.2) is 4.39 Å². The Kier molecular flexibility index (Phi) is 4.37. The van der Waals surface area contributed by atoms with Crippen molar-refractivity contribution in [1.82, 2.24) is 4.57 Å². The van der Waals surface area contributed by atoms with Gasteiger partial charge in [-0.1, -0.05) is 0 Å². The third-order valence-electron chi connectivity index (χ3n) is 2.84. The molecule has 1 aromatic carbocycles. The van der Waals surface area contributed by atoms with Crippen molar-refractivity contribution in [3.05, 3.63) is 58.3 Å². The fourth-order valence-corrected chi connectivity index (χ4v) is 1.84. The zero-order valence-electron chi connectivity index (χ0n) is 11.6. The molecule has 0 amide bonds. The zero-order valence-corrected chi connectivity index (χ0v) is 11.6. The highest BCUT2D eigenvalue weighted by atomic mass is 19.1. The maximum atomic E-state index is 13.0. The van der Waals surface area contributed by atoms with E-state index in [4.69, 9.17) is 9.47 Å². The van der Waals surface area contributed by atoms with Gasteiger partial charge in [0.1, 0.15) is 12.4 Å². The van der Waals surface area contributed by atoms with E-state index < -0.39 is 5.97 Å². The lowest BCUT2D eigenvalue weighted by molar-refractivity contribution is -0.142. The minimum absolute atomic E-state index is 0.0635. The van der Waals surface area contributed by atoms with Crippen molar-refractivity contribution in [3.63, 3.8) is 0 Å². The summed E-state index contributed by atoms with van der Waals surface area (Å²) in [6.45, 7) is 1.22. The highest BCUT2D eigenvalue weighted by Gasteiger charge is 2.10. The minimum Gasteiger partial charge on any atom is -0.491 e. The number of carbonyl (C=O) groups excluding carboxylic acids is 1. The van der Waals surface area contributed by atoms with Crippen LogP contribution in [0.1, 0.15) is 12.6 Å². The Bertz CT molecular complexity index is 707. The second kappa shape index (κ2) is 6.21. The molecule has 0 bridgehead atoms. The van der Waals surface area contributed by atoms with Gasteiger partial charge < -0.3 is 14.0 Å². The molecule has 0 N–H and O–H groups in total. The van der Waals surface area contributed by atoms with Crippen molar-refractivity contribution in [1.29, 1.82) is 0 Å². The first-order valence-electron chi connectivity index (χ1n) is 6.20. The summed E-state index contributed by atoms with van der Waals surface area (Å²) < 4.78 is 24.6. The normalized spacial score (nSPS) is 10.2. The summed E-state index contributed by atoms with van der Waals surface area (Å²) in [5.74, 6) is -0.678. The summed E-state index contributed by atoms with van der Waals surface area (Å²) in [5, 5.41) is 0. The lowest BCUT2D eigenvalue weighted by atomic mass is 10.2. The molecule has 0 saturated heterocycles. The van der Waals surface area contributed by atoms with E-state index in [2.05, 4.69) is 0 Å². The average Bonchev–Trinajstić information content (AvgIpc) is 2.46. The summed E-state index contributed by atoms with van der Waals surface area (Å²) in [5.41, 5.74) is 0.762. The largest absolute Gasteiger partial charge is 0.491 e. The maximum Gasteiger partial charge on any atom is 0.303 e. The number of aromatic nitrogens is 1. The van der Waals surface area contributed by atoms with E-state index >= 15 is 0 Å². The van der Waals surface area contributed by atoms with E-state index in [-0.39, 0.29) is 23.6 Å². The molecular weight excluding hydrogens is 277 g/mol. The van der Waals surface area contributed by atoms with Gasteiger partial charge in [0.2, 0.25) is 5.43 Å². The predicted molar refractivity (Wildman–Crippen MR) is 74.0 cm³/mol. The first-order chi connectivity index (χ1) is 10.0. The molecule has 0 atom stereocenters. The summed E-state index contributed by atoms with van der Waals surface area (Å²) in [6, 6.07) is 7.03. The second-order valence-electron chi connectivity index (χ2n) is 4.32. The minimum atomic E-state index is -0.455. The van der Waals surface area contributed by atoms with E-state index in [1.807, 2.05) is 0 Å². The van der Waals surface area contributed by atoms with Gasteiger partial charge in [0.05, 0.1) is 19.0 Å². The molecule has 2 aromatic rings. The number of rotatable bonds is 4. The summed E-state index contributed by atoms with van der Waals surface area (Å²) in [7, 11) is 1.39. The molecular formula is C15H14FNO4. The van der Waals surface area contributed by atoms with Gasteiger partial charge in [-0.05, 0) is 24.3 Å². The number of carbonyl (C=O) groups is 1. The fourth-order valence-electron chi connectivity index (χ4n) is 1.84. The molecule has 6 heteroatoms. The molecule has 1 heterocycles. The molecule has 21 heavy (non-hydrogen) atoms. The first kappa shape index (κ1) is 14.8. The van der Waals surface area contributed by atoms with Crippen LogP contribution in [0.15, 0.2) is 41.3 Å².